The van der Waals surface area contributed by atoms with E-state index in [0.717, 1.165) is 28.4 Å². The number of imidazole rings is 1. The molecule has 3 rings (SSSR count). The highest BCUT2D eigenvalue weighted by atomic mass is 16.5. The lowest BCUT2D eigenvalue weighted by Crippen LogP contribution is -2.05. The highest BCUT2D eigenvalue weighted by Gasteiger charge is 2.07. The minimum absolute atomic E-state index is 0.622. The molecule has 5 nitrogen and oxygen atoms in total. The summed E-state index contributed by atoms with van der Waals surface area (Å²) in [6, 6.07) is 9.95. The van der Waals surface area contributed by atoms with E-state index >= 15 is 0 Å². The first-order chi connectivity index (χ1) is 8.74. The van der Waals surface area contributed by atoms with E-state index in [4.69, 9.17) is 4.52 Å². The van der Waals surface area contributed by atoms with Crippen LogP contribution in [-0.4, -0.2) is 14.7 Å². The number of nitrogens with one attached hydrogen (secondary N) is 1. The molecular formula is C13H14N4O. The van der Waals surface area contributed by atoms with Crippen molar-refractivity contribution in [2.45, 2.75) is 13.5 Å². The van der Waals surface area contributed by atoms with Crippen molar-refractivity contribution in [3.63, 3.8) is 0 Å². The second-order valence-corrected chi connectivity index (χ2v) is 4.25. The van der Waals surface area contributed by atoms with Crippen molar-refractivity contribution >= 4 is 16.9 Å². The first-order valence-corrected chi connectivity index (χ1v) is 5.81. The molecule has 0 aliphatic rings. The largest absolute Gasteiger partial charge is 0.360 e. The molecule has 0 unspecified atom stereocenters. The predicted molar refractivity (Wildman–Crippen MR) is 69.3 cm³/mol. The number of aromatic nitrogens is 3. The molecule has 3 aromatic rings. The highest BCUT2D eigenvalue weighted by Crippen LogP contribution is 2.15. The summed E-state index contributed by atoms with van der Waals surface area (Å²) in [7, 11) is 2.01. The van der Waals surface area contributed by atoms with E-state index in [-0.39, 0.29) is 0 Å². The van der Waals surface area contributed by atoms with Gasteiger partial charge in [-0.1, -0.05) is 17.3 Å². The third-order valence-corrected chi connectivity index (χ3v) is 2.94. The van der Waals surface area contributed by atoms with Crippen LogP contribution in [0.3, 0.4) is 0 Å². The van der Waals surface area contributed by atoms with Crippen LogP contribution in [-0.2, 0) is 13.6 Å². The van der Waals surface area contributed by atoms with Gasteiger partial charge in [-0.15, -0.1) is 0 Å². The van der Waals surface area contributed by atoms with Gasteiger partial charge in [0, 0.05) is 13.1 Å². The van der Waals surface area contributed by atoms with Gasteiger partial charge in [-0.2, -0.15) is 0 Å². The van der Waals surface area contributed by atoms with Crippen LogP contribution in [0.15, 0.2) is 34.9 Å². The third-order valence-electron chi connectivity index (χ3n) is 2.94. The number of hydrogen-bond acceptors (Lipinski definition) is 4. The Kier molecular flexibility index (Phi) is 2.51. The Balaban J connectivity index is 1.84. The fraction of sp³-hybridized carbons (Fsp3) is 0.231. The highest BCUT2D eigenvalue weighted by molar-refractivity contribution is 5.75. The van der Waals surface area contributed by atoms with Gasteiger partial charge in [0.25, 0.3) is 0 Å². The van der Waals surface area contributed by atoms with Gasteiger partial charge in [0.05, 0.1) is 17.6 Å². The zero-order chi connectivity index (χ0) is 12.5. The summed E-state index contributed by atoms with van der Waals surface area (Å²) >= 11 is 0. The molecule has 0 atom stereocenters. The smallest absolute Gasteiger partial charge is 0.169 e. The minimum Gasteiger partial charge on any atom is -0.360 e. The van der Waals surface area contributed by atoms with Crippen LogP contribution in [0.4, 0.5) is 5.82 Å². The summed E-state index contributed by atoms with van der Waals surface area (Å²) in [6.07, 6.45) is 0. The molecule has 1 N–H and O–H groups in total. The van der Waals surface area contributed by atoms with E-state index in [1.165, 1.54) is 0 Å². The number of para-hydroxylation sites is 2. The van der Waals surface area contributed by atoms with Gasteiger partial charge in [-0.05, 0) is 19.1 Å². The van der Waals surface area contributed by atoms with Gasteiger partial charge in [0.2, 0.25) is 0 Å². The average molecular weight is 242 g/mol. The summed E-state index contributed by atoms with van der Waals surface area (Å²) in [5.41, 5.74) is 2.14. The van der Waals surface area contributed by atoms with E-state index < -0.39 is 0 Å². The Morgan fingerprint density at radius 1 is 1.33 bits per heavy atom. The molecule has 0 aliphatic carbocycles. The lowest BCUT2D eigenvalue weighted by Gasteiger charge is -2.02. The Labute approximate surface area is 104 Å². The fourth-order valence-corrected chi connectivity index (χ4v) is 1.97. The summed E-state index contributed by atoms with van der Waals surface area (Å²) in [5.74, 6) is 2.50. The summed E-state index contributed by atoms with van der Waals surface area (Å²) < 4.78 is 7.08. The number of rotatable bonds is 3. The van der Waals surface area contributed by atoms with Gasteiger partial charge >= 0.3 is 0 Å². The number of aryl methyl sites for hydroxylation is 2. The van der Waals surface area contributed by atoms with Crippen molar-refractivity contribution in [3.8, 4) is 0 Å². The number of fused-ring (bicyclic) bond motifs is 1. The molecular weight excluding hydrogens is 228 g/mol. The van der Waals surface area contributed by atoms with Crippen molar-refractivity contribution in [2.24, 2.45) is 7.05 Å². The minimum atomic E-state index is 0.622. The Morgan fingerprint density at radius 2 is 2.17 bits per heavy atom. The fourth-order valence-electron chi connectivity index (χ4n) is 1.97. The van der Waals surface area contributed by atoms with Crippen LogP contribution in [0, 0.1) is 6.92 Å². The molecule has 0 saturated heterocycles. The number of anilines is 1. The molecule has 18 heavy (non-hydrogen) atoms. The molecule has 0 amide bonds. The molecule has 5 heteroatoms. The first-order valence-electron chi connectivity index (χ1n) is 5.81. The van der Waals surface area contributed by atoms with Gasteiger partial charge in [0.1, 0.15) is 11.6 Å². The van der Waals surface area contributed by atoms with Crippen molar-refractivity contribution in [3.05, 3.63) is 41.9 Å². The van der Waals surface area contributed by atoms with Gasteiger partial charge in [-0.25, -0.2) is 4.98 Å². The summed E-state index contributed by atoms with van der Waals surface area (Å²) in [4.78, 5) is 4.58. The molecule has 92 valence electrons. The zero-order valence-corrected chi connectivity index (χ0v) is 10.3. The molecule has 2 heterocycles. The average Bonchev–Trinajstić information content (AvgIpc) is 2.92. The molecule has 0 bridgehead atoms. The predicted octanol–water partition coefficient (Wildman–Crippen LogP) is 2.48. The Bertz CT molecular complexity index is 683. The SMILES string of the molecule is Cc1cc(NCc2nc3ccccc3n2C)no1. The van der Waals surface area contributed by atoms with Crippen LogP contribution >= 0.6 is 0 Å². The van der Waals surface area contributed by atoms with E-state index in [1.54, 1.807) is 0 Å². The molecule has 1 aromatic carbocycles. The second kappa shape index (κ2) is 4.18. The normalized spacial score (nSPS) is 11.0. The number of hydrogen-bond donors (Lipinski definition) is 1. The van der Waals surface area contributed by atoms with Gasteiger partial charge < -0.3 is 14.4 Å². The van der Waals surface area contributed by atoms with E-state index in [2.05, 4.69) is 26.1 Å². The summed E-state index contributed by atoms with van der Waals surface area (Å²) in [5, 5.41) is 7.09. The Hall–Kier alpha value is -2.30. The van der Waals surface area contributed by atoms with Crippen molar-refractivity contribution in [1.82, 2.24) is 14.7 Å². The van der Waals surface area contributed by atoms with Gasteiger partial charge in [-0.3, -0.25) is 0 Å². The molecule has 0 fully saturated rings. The first kappa shape index (κ1) is 10.8. The van der Waals surface area contributed by atoms with Crippen molar-refractivity contribution in [2.75, 3.05) is 5.32 Å². The molecule has 0 aliphatic heterocycles. The maximum absolute atomic E-state index is 5.00. The lowest BCUT2D eigenvalue weighted by molar-refractivity contribution is 0.399. The molecule has 2 aromatic heterocycles. The van der Waals surface area contributed by atoms with Crippen molar-refractivity contribution in [1.29, 1.82) is 0 Å². The standard InChI is InChI=1S/C13H14N4O/c1-9-7-12(16-18-9)14-8-13-15-10-5-3-4-6-11(10)17(13)2/h3-7H,8H2,1-2H3,(H,14,16). The lowest BCUT2D eigenvalue weighted by atomic mass is 10.3. The number of benzene rings is 1. The van der Waals surface area contributed by atoms with Crippen LogP contribution < -0.4 is 5.32 Å². The maximum Gasteiger partial charge on any atom is 0.169 e. The summed E-state index contributed by atoms with van der Waals surface area (Å²) in [6.45, 7) is 2.49. The zero-order valence-electron chi connectivity index (χ0n) is 10.3. The molecule has 0 saturated carbocycles. The van der Waals surface area contributed by atoms with E-state index in [1.807, 2.05) is 38.2 Å². The van der Waals surface area contributed by atoms with E-state index in [9.17, 15) is 0 Å². The van der Waals surface area contributed by atoms with Gasteiger partial charge in [0.15, 0.2) is 5.82 Å². The maximum atomic E-state index is 5.00. The van der Waals surface area contributed by atoms with Crippen LogP contribution in [0.5, 0.6) is 0 Å². The molecule has 0 spiro atoms. The number of nitrogens with zero attached hydrogens (tertiary/aromatic N) is 3. The second-order valence-electron chi connectivity index (χ2n) is 4.25. The molecule has 0 radical (unpaired) electrons. The topological polar surface area (TPSA) is 55.9 Å². The van der Waals surface area contributed by atoms with Crippen LogP contribution in [0.2, 0.25) is 0 Å². The quantitative estimate of drug-likeness (QED) is 0.766. The van der Waals surface area contributed by atoms with Crippen LogP contribution in [0.1, 0.15) is 11.6 Å². The van der Waals surface area contributed by atoms with E-state index in [0.29, 0.717) is 6.54 Å². The van der Waals surface area contributed by atoms with Crippen molar-refractivity contribution < 1.29 is 4.52 Å². The third kappa shape index (κ3) is 1.84. The monoisotopic (exact) mass is 242 g/mol. The Morgan fingerprint density at radius 3 is 2.89 bits per heavy atom. The van der Waals surface area contributed by atoms with Crippen LogP contribution in [0.25, 0.3) is 11.0 Å².